The average Bonchev–Trinajstić information content (AvgIpc) is 2.54. The standard InChI is InChI=1S/C19H34O6/c1-2-3-4-5-6-7-8-9-10-11-12-13-14-15-19(16(20)21,17(22)23)18(24)25/h2-15H2,1H3,(H,20,21)(H,22,23)(H,24,25). The molecule has 0 aromatic carbocycles. The quantitative estimate of drug-likeness (QED) is 0.256. The van der Waals surface area contributed by atoms with E-state index in [0.717, 1.165) is 19.3 Å². The fourth-order valence-electron chi connectivity index (χ4n) is 3.00. The predicted octanol–water partition coefficient (Wildman–Crippen LogP) is 4.71. The summed E-state index contributed by atoms with van der Waals surface area (Å²) in [4.78, 5) is 33.3. The van der Waals surface area contributed by atoms with Crippen LogP contribution in [0.1, 0.15) is 96.8 Å². The molecule has 0 aromatic heterocycles. The smallest absolute Gasteiger partial charge is 0.332 e. The molecule has 0 saturated carbocycles. The maximum absolute atomic E-state index is 11.1. The Kier molecular flexibility index (Phi) is 12.8. The van der Waals surface area contributed by atoms with Gasteiger partial charge in [-0.25, -0.2) is 0 Å². The summed E-state index contributed by atoms with van der Waals surface area (Å²) in [6.07, 6.45) is 13.9. The van der Waals surface area contributed by atoms with Gasteiger partial charge in [-0.05, 0) is 6.42 Å². The number of carbonyl (C=O) groups is 3. The van der Waals surface area contributed by atoms with Gasteiger partial charge in [0.25, 0.3) is 5.41 Å². The molecule has 0 unspecified atom stereocenters. The SMILES string of the molecule is CCCCCCCCCCCCCCCC(C(=O)O)(C(=O)O)C(=O)O. The second-order valence-corrected chi connectivity index (χ2v) is 6.81. The van der Waals surface area contributed by atoms with E-state index in [1.54, 1.807) is 0 Å². The van der Waals surface area contributed by atoms with E-state index in [0.29, 0.717) is 12.8 Å². The summed E-state index contributed by atoms with van der Waals surface area (Å²) in [6, 6.07) is 0. The lowest BCUT2D eigenvalue weighted by atomic mass is 9.82. The summed E-state index contributed by atoms with van der Waals surface area (Å²) in [6.45, 7) is 2.21. The lowest BCUT2D eigenvalue weighted by Gasteiger charge is -2.19. The lowest BCUT2D eigenvalue weighted by Crippen LogP contribution is -2.46. The van der Waals surface area contributed by atoms with E-state index in [1.165, 1.54) is 51.4 Å². The first-order chi connectivity index (χ1) is 11.9. The van der Waals surface area contributed by atoms with Gasteiger partial charge in [0, 0.05) is 0 Å². The first-order valence-electron chi connectivity index (χ1n) is 9.59. The van der Waals surface area contributed by atoms with E-state index >= 15 is 0 Å². The molecule has 0 amide bonds. The molecule has 0 rings (SSSR count). The van der Waals surface area contributed by atoms with Crippen molar-refractivity contribution in [2.75, 3.05) is 0 Å². The van der Waals surface area contributed by atoms with Gasteiger partial charge >= 0.3 is 17.9 Å². The van der Waals surface area contributed by atoms with Crippen molar-refractivity contribution in [3.05, 3.63) is 0 Å². The van der Waals surface area contributed by atoms with Crippen LogP contribution in [-0.2, 0) is 14.4 Å². The average molecular weight is 358 g/mol. The monoisotopic (exact) mass is 358 g/mol. The number of aliphatic carboxylic acids is 3. The Labute approximate surface area is 150 Å². The molecular weight excluding hydrogens is 324 g/mol. The van der Waals surface area contributed by atoms with Gasteiger partial charge < -0.3 is 15.3 Å². The van der Waals surface area contributed by atoms with Crippen molar-refractivity contribution >= 4 is 17.9 Å². The molecule has 0 aliphatic heterocycles. The van der Waals surface area contributed by atoms with Crippen LogP contribution in [0.3, 0.4) is 0 Å². The first-order valence-corrected chi connectivity index (χ1v) is 9.59. The highest BCUT2D eigenvalue weighted by atomic mass is 16.4. The Balaban J connectivity index is 3.73. The minimum Gasteiger partial charge on any atom is -0.480 e. The fourth-order valence-corrected chi connectivity index (χ4v) is 3.00. The molecule has 0 bridgehead atoms. The lowest BCUT2D eigenvalue weighted by molar-refractivity contribution is -0.176. The summed E-state index contributed by atoms with van der Waals surface area (Å²) >= 11 is 0. The third-order valence-electron chi connectivity index (χ3n) is 4.75. The molecule has 6 nitrogen and oxygen atoms in total. The van der Waals surface area contributed by atoms with Crippen molar-refractivity contribution in [1.29, 1.82) is 0 Å². The minimum atomic E-state index is -2.71. The van der Waals surface area contributed by atoms with Crippen LogP contribution in [0.15, 0.2) is 0 Å². The highest BCUT2D eigenvalue weighted by Crippen LogP contribution is 2.27. The third kappa shape index (κ3) is 8.89. The van der Waals surface area contributed by atoms with E-state index in [-0.39, 0.29) is 6.42 Å². The number of carboxylic acids is 3. The molecule has 146 valence electrons. The maximum Gasteiger partial charge on any atom is 0.332 e. The summed E-state index contributed by atoms with van der Waals surface area (Å²) in [5.41, 5.74) is -2.71. The molecule has 0 radical (unpaired) electrons. The summed E-state index contributed by atoms with van der Waals surface area (Å²) in [5.74, 6) is -5.40. The van der Waals surface area contributed by atoms with E-state index in [9.17, 15) is 14.4 Å². The summed E-state index contributed by atoms with van der Waals surface area (Å²) < 4.78 is 0. The van der Waals surface area contributed by atoms with Gasteiger partial charge in [-0.2, -0.15) is 0 Å². The van der Waals surface area contributed by atoms with Crippen LogP contribution < -0.4 is 0 Å². The second-order valence-electron chi connectivity index (χ2n) is 6.81. The number of rotatable bonds is 17. The maximum atomic E-state index is 11.1. The fraction of sp³-hybridized carbons (Fsp3) is 0.842. The molecule has 0 aliphatic rings. The van der Waals surface area contributed by atoms with Gasteiger partial charge in [0.15, 0.2) is 0 Å². The van der Waals surface area contributed by atoms with Crippen LogP contribution in [0.25, 0.3) is 0 Å². The van der Waals surface area contributed by atoms with Crippen LogP contribution in [0.4, 0.5) is 0 Å². The number of hydrogen-bond acceptors (Lipinski definition) is 3. The number of hydrogen-bond donors (Lipinski definition) is 3. The van der Waals surface area contributed by atoms with Crippen LogP contribution in [-0.4, -0.2) is 33.2 Å². The topological polar surface area (TPSA) is 112 Å². The van der Waals surface area contributed by atoms with Crippen LogP contribution in [0.5, 0.6) is 0 Å². The highest BCUT2D eigenvalue weighted by Gasteiger charge is 2.53. The van der Waals surface area contributed by atoms with Gasteiger partial charge in [-0.1, -0.05) is 90.4 Å². The summed E-state index contributed by atoms with van der Waals surface area (Å²) in [5, 5.41) is 27.0. The zero-order chi connectivity index (χ0) is 19.1. The number of carboxylic acid groups (broad SMARTS) is 3. The molecule has 0 spiro atoms. The van der Waals surface area contributed by atoms with E-state index < -0.39 is 23.3 Å². The zero-order valence-corrected chi connectivity index (χ0v) is 15.5. The van der Waals surface area contributed by atoms with Crippen molar-refractivity contribution in [3.63, 3.8) is 0 Å². The molecule has 0 heterocycles. The van der Waals surface area contributed by atoms with E-state index in [4.69, 9.17) is 15.3 Å². The number of unbranched alkanes of at least 4 members (excludes halogenated alkanes) is 12. The van der Waals surface area contributed by atoms with Crippen molar-refractivity contribution in [2.45, 2.75) is 96.8 Å². The molecule has 0 aromatic rings. The largest absolute Gasteiger partial charge is 0.480 e. The Morgan fingerprint density at radius 1 is 0.560 bits per heavy atom. The van der Waals surface area contributed by atoms with Gasteiger partial charge in [-0.15, -0.1) is 0 Å². The molecule has 0 atom stereocenters. The van der Waals surface area contributed by atoms with Crippen molar-refractivity contribution in [3.8, 4) is 0 Å². The van der Waals surface area contributed by atoms with Gasteiger partial charge in [0.05, 0.1) is 0 Å². The normalized spacial score (nSPS) is 11.4. The molecule has 3 N–H and O–H groups in total. The van der Waals surface area contributed by atoms with Gasteiger partial charge in [-0.3, -0.25) is 14.4 Å². The Bertz CT molecular complexity index is 369. The van der Waals surface area contributed by atoms with E-state index in [1.807, 2.05) is 0 Å². The van der Waals surface area contributed by atoms with Crippen molar-refractivity contribution < 1.29 is 29.7 Å². The Hall–Kier alpha value is -1.59. The molecule has 0 saturated heterocycles. The summed E-state index contributed by atoms with van der Waals surface area (Å²) in [7, 11) is 0. The molecular formula is C19H34O6. The van der Waals surface area contributed by atoms with Gasteiger partial charge in [0.2, 0.25) is 0 Å². The molecule has 6 heteroatoms. The van der Waals surface area contributed by atoms with Crippen LogP contribution >= 0.6 is 0 Å². The minimum absolute atomic E-state index is 0.294. The third-order valence-corrected chi connectivity index (χ3v) is 4.75. The highest BCUT2D eigenvalue weighted by molar-refractivity contribution is 6.16. The van der Waals surface area contributed by atoms with Crippen molar-refractivity contribution in [2.24, 2.45) is 5.41 Å². The van der Waals surface area contributed by atoms with Gasteiger partial charge in [0.1, 0.15) is 0 Å². The van der Waals surface area contributed by atoms with Crippen LogP contribution in [0, 0.1) is 5.41 Å². The Morgan fingerprint density at radius 2 is 0.840 bits per heavy atom. The van der Waals surface area contributed by atoms with Crippen LogP contribution in [0.2, 0.25) is 0 Å². The molecule has 0 aliphatic carbocycles. The second kappa shape index (κ2) is 13.7. The van der Waals surface area contributed by atoms with E-state index in [2.05, 4.69) is 6.92 Å². The first kappa shape index (κ1) is 23.4. The van der Waals surface area contributed by atoms with Crippen molar-refractivity contribution in [1.82, 2.24) is 0 Å². The predicted molar refractivity (Wildman–Crippen MR) is 95.7 cm³/mol. The molecule has 0 fully saturated rings. The molecule has 25 heavy (non-hydrogen) atoms. The zero-order valence-electron chi connectivity index (χ0n) is 15.5. The Morgan fingerprint density at radius 3 is 1.12 bits per heavy atom.